The van der Waals surface area contributed by atoms with Crippen molar-refractivity contribution in [3.8, 4) is 5.75 Å². The number of nitrogens with zero attached hydrogens (tertiary/aromatic N) is 2. The summed E-state index contributed by atoms with van der Waals surface area (Å²) < 4.78 is 5.25. The average molecular weight is 332 g/mol. The highest BCUT2D eigenvalue weighted by Crippen LogP contribution is 2.34. The predicted molar refractivity (Wildman–Crippen MR) is 85.8 cm³/mol. The molecule has 1 aromatic carbocycles. The van der Waals surface area contributed by atoms with Gasteiger partial charge >= 0.3 is 5.97 Å². The lowest BCUT2D eigenvalue weighted by Crippen LogP contribution is -2.46. The second kappa shape index (κ2) is 6.60. The van der Waals surface area contributed by atoms with E-state index >= 15 is 0 Å². The van der Waals surface area contributed by atoms with E-state index in [1.165, 1.54) is 12.0 Å². The fraction of sp³-hybridized carbons (Fsp3) is 0.471. The molecule has 2 aliphatic rings. The number of carboxylic acids is 1. The third-order valence-corrected chi connectivity index (χ3v) is 4.77. The number of ether oxygens (including phenoxy) is 1. The van der Waals surface area contributed by atoms with Crippen LogP contribution in [0.4, 0.5) is 5.69 Å². The van der Waals surface area contributed by atoms with Crippen LogP contribution in [0.5, 0.6) is 5.75 Å². The number of hydrogen-bond donors (Lipinski definition) is 1. The summed E-state index contributed by atoms with van der Waals surface area (Å²) in [5.41, 5.74) is 0.456. The first-order chi connectivity index (χ1) is 11.5. The molecule has 1 atom stereocenters. The third kappa shape index (κ3) is 2.87. The highest BCUT2D eigenvalue weighted by Gasteiger charge is 2.44. The molecule has 1 aromatic rings. The van der Waals surface area contributed by atoms with Gasteiger partial charge < -0.3 is 9.84 Å². The van der Waals surface area contributed by atoms with Crippen LogP contribution in [0.3, 0.4) is 0 Å². The fourth-order valence-electron chi connectivity index (χ4n) is 3.43. The molecule has 2 amide bonds. The van der Waals surface area contributed by atoms with Crippen LogP contribution >= 0.6 is 0 Å². The van der Waals surface area contributed by atoms with Crippen molar-refractivity contribution < 1.29 is 24.2 Å². The second-order valence-electron chi connectivity index (χ2n) is 6.11. The Hall–Kier alpha value is -2.41. The van der Waals surface area contributed by atoms with E-state index in [4.69, 9.17) is 9.84 Å². The van der Waals surface area contributed by atoms with Crippen LogP contribution in [0.1, 0.15) is 19.3 Å². The summed E-state index contributed by atoms with van der Waals surface area (Å²) in [4.78, 5) is 39.4. The van der Waals surface area contributed by atoms with E-state index in [0.717, 1.165) is 0 Å². The number of para-hydroxylation sites is 2. The summed E-state index contributed by atoms with van der Waals surface area (Å²) >= 11 is 0. The smallest absolute Gasteiger partial charge is 0.306 e. The zero-order valence-corrected chi connectivity index (χ0v) is 13.5. The summed E-state index contributed by atoms with van der Waals surface area (Å²) in [6.07, 6.45) is 1.12. The van der Waals surface area contributed by atoms with Gasteiger partial charge in [-0.1, -0.05) is 12.1 Å². The maximum absolute atomic E-state index is 12.8. The SMILES string of the molecule is COc1ccccc1N1C(=O)C[C@H](N2CCC(C(=O)O)CC2)C1=O. The van der Waals surface area contributed by atoms with Gasteiger partial charge in [-0.25, -0.2) is 4.90 Å². The molecule has 0 saturated carbocycles. The summed E-state index contributed by atoms with van der Waals surface area (Å²) in [6, 6.07) is 6.41. The normalized spacial score (nSPS) is 22.9. The van der Waals surface area contributed by atoms with Gasteiger partial charge in [-0.3, -0.25) is 19.3 Å². The molecule has 128 valence electrons. The van der Waals surface area contributed by atoms with Crippen molar-refractivity contribution in [1.29, 1.82) is 0 Å². The van der Waals surface area contributed by atoms with Crippen molar-refractivity contribution in [2.75, 3.05) is 25.1 Å². The molecule has 0 bridgehead atoms. The molecule has 7 heteroatoms. The minimum absolute atomic E-state index is 0.120. The Labute approximate surface area is 139 Å². The lowest BCUT2D eigenvalue weighted by molar-refractivity contribution is -0.143. The lowest BCUT2D eigenvalue weighted by atomic mass is 9.96. The van der Waals surface area contributed by atoms with Crippen LogP contribution < -0.4 is 9.64 Å². The van der Waals surface area contributed by atoms with Crippen molar-refractivity contribution in [3.05, 3.63) is 24.3 Å². The summed E-state index contributed by atoms with van der Waals surface area (Å²) in [5, 5.41) is 9.07. The van der Waals surface area contributed by atoms with Crippen LogP contribution in [-0.2, 0) is 14.4 Å². The summed E-state index contributed by atoms with van der Waals surface area (Å²) in [6.45, 7) is 1.03. The molecule has 2 fully saturated rings. The Balaban J connectivity index is 1.76. The minimum atomic E-state index is -0.792. The average Bonchev–Trinajstić information content (AvgIpc) is 2.89. The van der Waals surface area contributed by atoms with Gasteiger partial charge in [-0.05, 0) is 38.1 Å². The van der Waals surface area contributed by atoms with Gasteiger partial charge in [0.1, 0.15) is 5.75 Å². The molecule has 24 heavy (non-hydrogen) atoms. The number of piperidine rings is 1. The number of benzene rings is 1. The molecule has 7 nitrogen and oxygen atoms in total. The quantitative estimate of drug-likeness (QED) is 0.832. The summed E-state index contributed by atoms with van der Waals surface area (Å²) in [5.74, 6) is -1.20. The van der Waals surface area contributed by atoms with Crippen LogP contribution in [0.15, 0.2) is 24.3 Å². The number of imide groups is 1. The molecule has 0 aliphatic carbocycles. The Kier molecular flexibility index (Phi) is 4.53. The molecule has 0 aromatic heterocycles. The Morgan fingerprint density at radius 3 is 2.50 bits per heavy atom. The molecule has 3 rings (SSSR count). The number of anilines is 1. The van der Waals surface area contributed by atoms with Gasteiger partial charge in [0.05, 0.1) is 31.2 Å². The molecular formula is C17H20N2O5. The molecule has 0 unspecified atom stereocenters. The first-order valence-corrected chi connectivity index (χ1v) is 7.99. The van der Waals surface area contributed by atoms with E-state index in [9.17, 15) is 14.4 Å². The largest absolute Gasteiger partial charge is 0.495 e. The monoisotopic (exact) mass is 332 g/mol. The summed E-state index contributed by atoms with van der Waals surface area (Å²) in [7, 11) is 1.50. The van der Waals surface area contributed by atoms with Gasteiger partial charge in [0, 0.05) is 0 Å². The number of carbonyl (C=O) groups excluding carboxylic acids is 2. The van der Waals surface area contributed by atoms with Gasteiger partial charge in [0.2, 0.25) is 5.91 Å². The topological polar surface area (TPSA) is 87.2 Å². The van der Waals surface area contributed by atoms with Crippen LogP contribution in [0.2, 0.25) is 0 Å². The van der Waals surface area contributed by atoms with E-state index in [1.807, 2.05) is 4.90 Å². The van der Waals surface area contributed by atoms with E-state index in [-0.39, 0.29) is 24.2 Å². The molecule has 2 heterocycles. The van der Waals surface area contributed by atoms with Crippen molar-refractivity contribution in [2.45, 2.75) is 25.3 Å². The third-order valence-electron chi connectivity index (χ3n) is 4.77. The van der Waals surface area contributed by atoms with Crippen LogP contribution in [-0.4, -0.2) is 54.0 Å². The number of aliphatic carboxylic acids is 1. The molecule has 2 aliphatic heterocycles. The molecule has 0 spiro atoms. The first-order valence-electron chi connectivity index (χ1n) is 7.99. The number of methoxy groups -OCH3 is 1. The standard InChI is InChI=1S/C17H20N2O5/c1-24-14-5-3-2-4-12(14)19-15(20)10-13(16(19)21)18-8-6-11(7-9-18)17(22)23/h2-5,11,13H,6-10H2,1H3,(H,22,23)/t13-/m0/s1. The number of rotatable bonds is 4. The van der Waals surface area contributed by atoms with Crippen molar-refractivity contribution in [2.24, 2.45) is 5.92 Å². The number of amides is 2. The van der Waals surface area contributed by atoms with Gasteiger partial charge in [-0.2, -0.15) is 0 Å². The Morgan fingerprint density at radius 2 is 1.88 bits per heavy atom. The fourth-order valence-corrected chi connectivity index (χ4v) is 3.43. The zero-order chi connectivity index (χ0) is 17.3. The van der Waals surface area contributed by atoms with Crippen molar-refractivity contribution in [1.82, 2.24) is 4.90 Å². The highest BCUT2D eigenvalue weighted by atomic mass is 16.5. The maximum atomic E-state index is 12.8. The molecule has 1 N–H and O–H groups in total. The maximum Gasteiger partial charge on any atom is 0.306 e. The van der Waals surface area contributed by atoms with E-state index in [1.54, 1.807) is 24.3 Å². The van der Waals surface area contributed by atoms with E-state index in [0.29, 0.717) is 37.4 Å². The van der Waals surface area contributed by atoms with E-state index in [2.05, 4.69) is 0 Å². The van der Waals surface area contributed by atoms with Crippen LogP contribution in [0.25, 0.3) is 0 Å². The van der Waals surface area contributed by atoms with Gasteiger partial charge in [0.25, 0.3) is 5.91 Å². The lowest BCUT2D eigenvalue weighted by Gasteiger charge is -2.33. The number of carbonyl (C=O) groups is 3. The number of likely N-dealkylation sites (tertiary alicyclic amines) is 1. The number of carboxylic acid groups (broad SMARTS) is 1. The van der Waals surface area contributed by atoms with Gasteiger partial charge in [0.15, 0.2) is 0 Å². The second-order valence-corrected chi connectivity index (χ2v) is 6.11. The Bertz CT molecular complexity index is 667. The molecule has 2 saturated heterocycles. The van der Waals surface area contributed by atoms with Crippen LogP contribution in [0, 0.1) is 5.92 Å². The van der Waals surface area contributed by atoms with Crippen molar-refractivity contribution >= 4 is 23.5 Å². The first kappa shape index (κ1) is 16.4. The molecule has 0 radical (unpaired) electrons. The Morgan fingerprint density at radius 1 is 1.21 bits per heavy atom. The predicted octanol–water partition coefficient (Wildman–Crippen LogP) is 1.12. The molecular weight excluding hydrogens is 312 g/mol. The van der Waals surface area contributed by atoms with Crippen molar-refractivity contribution in [3.63, 3.8) is 0 Å². The van der Waals surface area contributed by atoms with Gasteiger partial charge in [-0.15, -0.1) is 0 Å². The minimum Gasteiger partial charge on any atom is -0.495 e. The zero-order valence-electron chi connectivity index (χ0n) is 13.5. The highest BCUT2D eigenvalue weighted by molar-refractivity contribution is 6.23. The van der Waals surface area contributed by atoms with E-state index < -0.39 is 12.0 Å². The number of hydrogen-bond acceptors (Lipinski definition) is 5.